The monoisotopic (exact) mass is 233 g/mol. The lowest BCUT2D eigenvalue weighted by atomic mass is 10.1. The van der Waals surface area contributed by atoms with Crippen LogP contribution in [-0.4, -0.2) is 0 Å². The molecule has 0 atom stereocenters. The van der Waals surface area contributed by atoms with Crippen molar-refractivity contribution < 1.29 is 0 Å². The fourth-order valence-electron chi connectivity index (χ4n) is 1.74. The van der Waals surface area contributed by atoms with Crippen LogP contribution in [0.1, 0.15) is 16.7 Å². The Morgan fingerprint density at radius 3 is 2.11 bits per heavy atom. The van der Waals surface area contributed by atoms with Crippen LogP contribution in [0.15, 0.2) is 42.5 Å². The first-order valence-corrected chi connectivity index (χ1v) is 5.51. The maximum absolute atomic E-state index is 9.07. The second-order valence-corrected chi connectivity index (χ2v) is 3.95. The van der Waals surface area contributed by atoms with E-state index in [1.807, 2.05) is 31.2 Å². The van der Waals surface area contributed by atoms with E-state index in [1.54, 1.807) is 18.2 Å². The molecule has 86 valence electrons. The van der Waals surface area contributed by atoms with Crippen molar-refractivity contribution in [1.82, 2.24) is 0 Å². The molecule has 3 nitrogen and oxygen atoms in total. The molecule has 0 radical (unpaired) electrons. The van der Waals surface area contributed by atoms with Gasteiger partial charge >= 0.3 is 0 Å². The molecule has 0 saturated carbocycles. The molecule has 0 fully saturated rings. The van der Waals surface area contributed by atoms with Crippen LogP contribution in [-0.2, 0) is 0 Å². The first-order valence-electron chi connectivity index (χ1n) is 5.51. The number of hydrogen-bond donors (Lipinski definition) is 1. The van der Waals surface area contributed by atoms with Crippen LogP contribution >= 0.6 is 0 Å². The van der Waals surface area contributed by atoms with Crippen molar-refractivity contribution >= 4 is 11.4 Å². The molecule has 0 aliphatic carbocycles. The van der Waals surface area contributed by atoms with Crippen molar-refractivity contribution in [3.05, 3.63) is 59.2 Å². The number of aryl methyl sites for hydroxylation is 1. The largest absolute Gasteiger partial charge is 0.353 e. The third kappa shape index (κ3) is 2.31. The fraction of sp³-hybridized carbons (Fsp3) is 0.0667. The summed E-state index contributed by atoms with van der Waals surface area (Å²) in [5, 5.41) is 21.3. The number of hydrogen-bond acceptors (Lipinski definition) is 3. The Balaban J connectivity index is 2.46. The number of nitrogens with zero attached hydrogens (tertiary/aromatic N) is 2. The zero-order valence-corrected chi connectivity index (χ0v) is 9.94. The second-order valence-electron chi connectivity index (χ2n) is 3.95. The minimum atomic E-state index is 0.468. The summed E-state index contributed by atoms with van der Waals surface area (Å²) < 4.78 is 0. The highest BCUT2D eigenvalue weighted by Crippen LogP contribution is 2.24. The molecule has 0 amide bonds. The lowest BCUT2D eigenvalue weighted by Crippen LogP contribution is -1.97. The molecule has 0 aliphatic rings. The van der Waals surface area contributed by atoms with E-state index in [4.69, 9.17) is 10.5 Å². The zero-order valence-electron chi connectivity index (χ0n) is 9.94. The highest BCUT2D eigenvalue weighted by molar-refractivity contribution is 5.73. The average Bonchev–Trinajstić information content (AvgIpc) is 2.39. The summed E-state index contributed by atoms with van der Waals surface area (Å²) in [5.41, 5.74) is 3.49. The van der Waals surface area contributed by atoms with E-state index in [-0.39, 0.29) is 0 Å². The van der Waals surface area contributed by atoms with Crippen LogP contribution in [0, 0.1) is 29.6 Å². The summed E-state index contributed by atoms with van der Waals surface area (Å²) in [6, 6.07) is 17.1. The Hall–Kier alpha value is -2.78. The topological polar surface area (TPSA) is 59.6 Å². The van der Waals surface area contributed by atoms with Gasteiger partial charge in [0.15, 0.2) is 0 Å². The predicted octanol–water partition coefficient (Wildman–Crippen LogP) is 3.48. The number of nitrogens with one attached hydrogen (secondary N) is 1. The smallest absolute Gasteiger partial charge is 0.101 e. The number of para-hydroxylation sites is 1. The molecule has 0 spiro atoms. The molecule has 0 bridgehead atoms. The van der Waals surface area contributed by atoms with Gasteiger partial charge < -0.3 is 5.32 Å². The molecule has 0 unspecified atom stereocenters. The molecule has 0 aromatic heterocycles. The molecule has 2 rings (SSSR count). The molecule has 2 aromatic rings. The van der Waals surface area contributed by atoms with Crippen molar-refractivity contribution in [3.63, 3.8) is 0 Å². The molecule has 1 N–H and O–H groups in total. The van der Waals surface area contributed by atoms with Gasteiger partial charge in [-0.25, -0.2) is 0 Å². The van der Waals surface area contributed by atoms with Gasteiger partial charge in [0.1, 0.15) is 12.1 Å². The van der Waals surface area contributed by atoms with Crippen LogP contribution in [0.4, 0.5) is 11.4 Å². The van der Waals surface area contributed by atoms with E-state index in [2.05, 4.69) is 17.5 Å². The van der Waals surface area contributed by atoms with Crippen LogP contribution < -0.4 is 5.32 Å². The Labute approximate surface area is 106 Å². The van der Waals surface area contributed by atoms with Gasteiger partial charge in [0.05, 0.1) is 16.8 Å². The van der Waals surface area contributed by atoms with Crippen molar-refractivity contribution in [2.45, 2.75) is 6.92 Å². The van der Waals surface area contributed by atoms with Crippen molar-refractivity contribution in [2.24, 2.45) is 0 Å². The van der Waals surface area contributed by atoms with E-state index in [9.17, 15) is 0 Å². The van der Waals surface area contributed by atoms with E-state index >= 15 is 0 Å². The summed E-state index contributed by atoms with van der Waals surface area (Å²) in [4.78, 5) is 0. The predicted molar refractivity (Wildman–Crippen MR) is 70.3 cm³/mol. The van der Waals surface area contributed by atoms with Crippen molar-refractivity contribution in [2.75, 3.05) is 5.32 Å². The van der Waals surface area contributed by atoms with Crippen LogP contribution in [0.3, 0.4) is 0 Å². The molecule has 0 aliphatic heterocycles. The lowest BCUT2D eigenvalue weighted by Gasteiger charge is -2.10. The maximum atomic E-state index is 9.07. The number of nitriles is 2. The molecule has 0 saturated heterocycles. The fourth-order valence-corrected chi connectivity index (χ4v) is 1.74. The van der Waals surface area contributed by atoms with Gasteiger partial charge in [-0.15, -0.1) is 0 Å². The third-order valence-electron chi connectivity index (χ3n) is 2.59. The first kappa shape index (κ1) is 11.7. The minimum absolute atomic E-state index is 0.468. The molecule has 3 heteroatoms. The van der Waals surface area contributed by atoms with Gasteiger partial charge in [-0.1, -0.05) is 18.2 Å². The SMILES string of the molecule is Cc1cccc(Nc2c(C#N)cccc2C#N)c1. The standard InChI is InChI=1S/C15H11N3/c1-11-4-2-7-14(8-11)18-15-12(9-16)5-3-6-13(15)10-17/h2-8,18H,1H3. The van der Waals surface area contributed by atoms with Gasteiger partial charge in [-0.05, 0) is 36.8 Å². The van der Waals surface area contributed by atoms with E-state index in [1.165, 1.54) is 0 Å². The Bertz CT molecular complexity index is 628. The molecule has 18 heavy (non-hydrogen) atoms. The minimum Gasteiger partial charge on any atom is -0.353 e. The second kappa shape index (κ2) is 5.03. The van der Waals surface area contributed by atoms with E-state index in [0.717, 1.165) is 11.3 Å². The maximum Gasteiger partial charge on any atom is 0.101 e. The summed E-state index contributed by atoms with van der Waals surface area (Å²) in [7, 11) is 0. The summed E-state index contributed by atoms with van der Waals surface area (Å²) >= 11 is 0. The Morgan fingerprint density at radius 2 is 1.56 bits per heavy atom. The van der Waals surface area contributed by atoms with E-state index in [0.29, 0.717) is 16.8 Å². The third-order valence-corrected chi connectivity index (χ3v) is 2.59. The summed E-state index contributed by atoms with van der Waals surface area (Å²) in [5.74, 6) is 0. The van der Waals surface area contributed by atoms with Crippen LogP contribution in [0.2, 0.25) is 0 Å². The van der Waals surface area contributed by atoms with Crippen LogP contribution in [0.25, 0.3) is 0 Å². The Kier molecular flexibility index (Phi) is 3.27. The van der Waals surface area contributed by atoms with Crippen molar-refractivity contribution in [1.29, 1.82) is 10.5 Å². The molecular weight excluding hydrogens is 222 g/mol. The van der Waals surface area contributed by atoms with Crippen LogP contribution in [0.5, 0.6) is 0 Å². The highest BCUT2D eigenvalue weighted by Gasteiger charge is 2.07. The van der Waals surface area contributed by atoms with Gasteiger partial charge in [0.2, 0.25) is 0 Å². The number of benzene rings is 2. The van der Waals surface area contributed by atoms with Gasteiger partial charge in [-0.3, -0.25) is 0 Å². The van der Waals surface area contributed by atoms with Gasteiger partial charge in [0, 0.05) is 5.69 Å². The summed E-state index contributed by atoms with van der Waals surface area (Å²) in [6.45, 7) is 1.99. The Morgan fingerprint density at radius 1 is 0.944 bits per heavy atom. The highest BCUT2D eigenvalue weighted by atomic mass is 14.9. The molecule has 2 aromatic carbocycles. The van der Waals surface area contributed by atoms with Gasteiger partial charge in [-0.2, -0.15) is 10.5 Å². The van der Waals surface area contributed by atoms with Crippen molar-refractivity contribution in [3.8, 4) is 12.1 Å². The normalized spacial score (nSPS) is 9.28. The lowest BCUT2D eigenvalue weighted by molar-refractivity contribution is 1.41. The first-order chi connectivity index (χ1) is 8.74. The van der Waals surface area contributed by atoms with Gasteiger partial charge in [0.25, 0.3) is 0 Å². The zero-order chi connectivity index (χ0) is 13.0. The van der Waals surface area contributed by atoms with E-state index < -0.39 is 0 Å². The molecule has 0 heterocycles. The number of anilines is 2. The summed E-state index contributed by atoms with van der Waals surface area (Å²) in [6.07, 6.45) is 0. The number of rotatable bonds is 2. The average molecular weight is 233 g/mol. The molecular formula is C15H11N3. The quantitative estimate of drug-likeness (QED) is 0.863.